The van der Waals surface area contributed by atoms with Crippen LogP contribution in [0.1, 0.15) is 31.4 Å². The third kappa shape index (κ3) is 3.06. The van der Waals surface area contributed by atoms with Gasteiger partial charge in [-0.25, -0.2) is 5.11 Å². The summed E-state index contributed by atoms with van der Waals surface area (Å²) in [5, 5.41) is 11.8. The molecule has 13 heavy (non-hydrogen) atoms. The molecule has 3 heteroatoms. The number of benzene rings is 1. The van der Waals surface area contributed by atoms with Gasteiger partial charge in [0.05, 0.1) is 0 Å². The summed E-state index contributed by atoms with van der Waals surface area (Å²) in [7, 11) is 0. The second-order valence-corrected chi connectivity index (χ2v) is 5.24. The predicted octanol–water partition coefficient (Wildman–Crippen LogP) is 4.17. The lowest BCUT2D eigenvalue weighted by Crippen LogP contribution is -2.00. The molecule has 0 aromatic heterocycles. The van der Waals surface area contributed by atoms with Crippen LogP contribution in [0.2, 0.25) is 0 Å². The van der Waals surface area contributed by atoms with Crippen LogP contribution in [0, 0.1) is 7.14 Å². The molecule has 1 nitrogen and oxygen atoms in total. The molecule has 0 spiro atoms. The molecule has 0 aliphatic rings. The highest BCUT2D eigenvalue weighted by molar-refractivity contribution is 14.1. The Balaban J connectivity index is 2.98. The lowest BCUT2D eigenvalue weighted by atomic mass is 10.1. The van der Waals surface area contributed by atoms with Crippen LogP contribution in [0.15, 0.2) is 18.2 Å². The quantitative estimate of drug-likeness (QED) is 0.679. The SMILES string of the molecule is CCCC([O])c1c(I)cccc1I. The predicted molar refractivity (Wildman–Crippen MR) is 70.2 cm³/mol. The normalized spacial score (nSPS) is 12.9. The van der Waals surface area contributed by atoms with Gasteiger partial charge in [-0.1, -0.05) is 19.4 Å². The van der Waals surface area contributed by atoms with E-state index in [4.69, 9.17) is 0 Å². The molecule has 0 saturated carbocycles. The van der Waals surface area contributed by atoms with Gasteiger partial charge in [0.2, 0.25) is 0 Å². The molecule has 1 aromatic rings. The Kier molecular flexibility index (Phi) is 4.96. The van der Waals surface area contributed by atoms with Gasteiger partial charge in [0, 0.05) is 12.7 Å². The van der Waals surface area contributed by atoms with Crippen LogP contribution >= 0.6 is 45.2 Å². The molecule has 1 atom stereocenters. The van der Waals surface area contributed by atoms with Crippen molar-refractivity contribution in [1.29, 1.82) is 0 Å². The zero-order valence-electron chi connectivity index (χ0n) is 7.39. The Morgan fingerprint density at radius 3 is 2.31 bits per heavy atom. The molecular weight excluding hydrogens is 390 g/mol. The lowest BCUT2D eigenvalue weighted by Gasteiger charge is -2.11. The third-order valence-corrected chi connectivity index (χ3v) is 3.75. The molecule has 71 valence electrons. The van der Waals surface area contributed by atoms with E-state index >= 15 is 0 Å². The monoisotopic (exact) mass is 401 g/mol. The van der Waals surface area contributed by atoms with Gasteiger partial charge in [-0.05, 0) is 63.7 Å². The first kappa shape index (κ1) is 11.7. The Labute approximate surface area is 106 Å². The minimum absolute atomic E-state index is 0.551. The fraction of sp³-hybridized carbons (Fsp3) is 0.400. The van der Waals surface area contributed by atoms with E-state index in [1.807, 2.05) is 25.1 Å². The van der Waals surface area contributed by atoms with E-state index in [0.717, 1.165) is 25.5 Å². The first-order chi connectivity index (χ1) is 6.16. The second kappa shape index (κ2) is 5.50. The van der Waals surface area contributed by atoms with Gasteiger partial charge in [-0.2, -0.15) is 0 Å². The summed E-state index contributed by atoms with van der Waals surface area (Å²) in [5.41, 5.74) is 0.977. The van der Waals surface area contributed by atoms with Crippen LogP contribution in [0.4, 0.5) is 0 Å². The molecule has 0 heterocycles. The highest BCUT2D eigenvalue weighted by atomic mass is 127. The minimum Gasteiger partial charge on any atom is -0.228 e. The summed E-state index contributed by atoms with van der Waals surface area (Å²) >= 11 is 4.47. The largest absolute Gasteiger partial charge is 0.228 e. The Hall–Kier alpha value is 0.640. The molecule has 1 rings (SSSR count). The average molecular weight is 401 g/mol. The molecule has 0 aliphatic heterocycles. The lowest BCUT2D eigenvalue weighted by molar-refractivity contribution is 0.0791. The maximum Gasteiger partial charge on any atom is 0.120 e. The van der Waals surface area contributed by atoms with Crippen LogP contribution in [0.3, 0.4) is 0 Å². The Morgan fingerprint density at radius 1 is 1.31 bits per heavy atom. The van der Waals surface area contributed by atoms with E-state index in [9.17, 15) is 5.11 Å². The summed E-state index contributed by atoms with van der Waals surface area (Å²) in [6.07, 6.45) is 1.13. The van der Waals surface area contributed by atoms with Gasteiger partial charge >= 0.3 is 0 Å². The maximum atomic E-state index is 11.8. The average Bonchev–Trinajstić information content (AvgIpc) is 2.04. The topological polar surface area (TPSA) is 19.9 Å². The van der Waals surface area contributed by atoms with Gasteiger partial charge < -0.3 is 0 Å². The standard InChI is InChI=1S/C10H11I2O/c1-2-4-9(13)10-7(11)5-3-6-8(10)12/h3,5-6,9H,2,4H2,1H3. The smallest absolute Gasteiger partial charge is 0.120 e. The molecule has 0 fully saturated rings. The van der Waals surface area contributed by atoms with Gasteiger partial charge in [0.1, 0.15) is 6.10 Å². The highest BCUT2D eigenvalue weighted by Gasteiger charge is 2.14. The van der Waals surface area contributed by atoms with E-state index in [0.29, 0.717) is 0 Å². The number of rotatable bonds is 3. The van der Waals surface area contributed by atoms with Crippen LogP contribution in [0.5, 0.6) is 0 Å². The molecular formula is C10H11I2O. The van der Waals surface area contributed by atoms with Crippen molar-refractivity contribution >= 4 is 45.2 Å². The second-order valence-electron chi connectivity index (χ2n) is 2.91. The number of hydrogen-bond donors (Lipinski definition) is 0. The van der Waals surface area contributed by atoms with Crippen LogP contribution in [-0.4, -0.2) is 0 Å². The summed E-state index contributed by atoms with van der Waals surface area (Å²) in [6, 6.07) is 5.99. The summed E-state index contributed by atoms with van der Waals surface area (Å²) < 4.78 is 2.19. The highest BCUT2D eigenvalue weighted by Crippen LogP contribution is 2.28. The van der Waals surface area contributed by atoms with Crippen molar-refractivity contribution in [2.75, 3.05) is 0 Å². The van der Waals surface area contributed by atoms with Crippen molar-refractivity contribution < 1.29 is 5.11 Å². The van der Waals surface area contributed by atoms with Crippen LogP contribution in [0.25, 0.3) is 0 Å². The molecule has 0 bridgehead atoms. The molecule has 0 aliphatic carbocycles. The molecule has 1 unspecified atom stereocenters. The Bertz CT molecular complexity index is 266. The van der Waals surface area contributed by atoms with Crippen LogP contribution < -0.4 is 0 Å². The van der Waals surface area contributed by atoms with E-state index in [2.05, 4.69) is 45.2 Å². The third-order valence-electron chi connectivity index (χ3n) is 1.87. The van der Waals surface area contributed by atoms with Crippen molar-refractivity contribution in [3.63, 3.8) is 0 Å². The van der Waals surface area contributed by atoms with E-state index in [1.54, 1.807) is 0 Å². The molecule has 0 saturated heterocycles. The number of halogens is 2. The van der Waals surface area contributed by atoms with Crippen molar-refractivity contribution in [3.8, 4) is 0 Å². The van der Waals surface area contributed by atoms with E-state index in [-0.39, 0.29) is 0 Å². The van der Waals surface area contributed by atoms with E-state index < -0.39 is 6.10 Å². The summed E-state index contributed by atoms with van der Waals surface area (Å²) in [5.74, 6) is 0. The summed E-state index contributed by atoms with van der Waals surface area (Å²) in [4.78, 5) is 0. The molecule has 0 N–H and O–H groups in total. The maximum absolute atomic E-state index is 11.8. The van der Waals surface area contributed by atoms with Crippen molar-refractivity contribution in [2.45, 2.75) is 25.9 Å². The Morgan fingerprint density at radius 2 is 1.85 bits per heavy atom. The van der Waals surface area contributed by atoms with Gasteiger partial charge in [-0.15, -0.1) is 0 Å². The molecule has 1 radical (unpaired) electrons. The first-order valence-electron chi connectivity index (χ1n) is 4.26. The molecule has 0 amide bonds. The van der Waals surface area contributed by atoms with Gasteiger partial charge in [-0.3, -0.25) is 0 Å². The zero-order chi connectivity index (χ0) is 9.84. The van der Waals surface area contributed by atoms with Crippen molar-refractivity contribution in [3.05, 3.63) is 30.9 Å². The summed E-state index contributed by atoms with van der Waals surface area (Å²) in [6.45, 7) is 2.05. The minimum atomic E-state index is -0.551. The zero-order valence-corrected chi connectivity index (χ0v) is 11.7. The van der Waals surface area contributed by atoms with Crippen molar-refractivity contribution in [2.24, 2.45) is 0 Å². The van der Waals surface area contributed by atoms with E-state index in [1.165, 1.54) is 0 Å². The van der Waals surface area contributed by atoms with Crippen LogP contribution in [-0.2, 0) is 5.11 Å². The van der Waals surface area contributed by atoms with Gasteiger partial charge in [0.25, 0.3) is 0 Å². The fourth-order valence-corrected chi connectivity index (χ4v) is 3.43. The van der Waals surface area contributed by atoms with Gasteiger partial charge in [0.15, 0.2) is 0 Å². The number of hydrogen-bond acceptors (Lipinski definition) is 0. The molecule has 1 aromatic carbocycles. The van der Waals surface area contributed by atoms with Crippen molar-refractivity contribution in [1.82, 2.24) is 0 Å². The first-order valence-corrected chi connectivity index (χ1v) is 6.42. The fourth-order valence-electron chi connectivity index (χ4n) is 1.22.